The van der Waals surface area contributed by atoms with E-state index in [1.54, 1.807) is 12.3 Å². The van der Waals surface area contributed by atoms with Crippen molar-refractivity contribution in [3.63, 3.8) is 0 Å². The van der Waals surface area contributed by atoms with Crippen LogP contribution in [0, 0.1) is 11.3 Å². The van der Waals surface area contributed by atoms with Gasteiger partial charge in [-0.3, -0.25) is 0 Å². The van der Waals surface area contributed by atoms with E-state index in [0.29, 0.717) is 5.69 Å². The lowest BCUT2D eigenvalue weighted by molar-refractivity contribution is 0.814. The highest BCUT2D eigenvalue weighted by Crippen LogP contribution is 2.08. The van der Waals surface area contributed by atoms with E-state index in [1.807, 2.05) is 19.1 Å². The first-order valence-corrected chi connectivity index (χ1v) is 3.35. The molecule has 0 saturated carbocycles. The summed E-state index contributed by atoms with van der Waals surface area (Å²) in [6.07, 6.45) is 1.59. The van der Waals surface area contributed by atoms with Crippen LogP contribution in [0.15, 0.2) is 18.3 Å². The van der Waals surface area contributed by atoms with Gasteiger partial charge in [-0.2, -0.15) is 5.26 Å². The Morgan fingerprint density at radius 3 is 3.00 bits per heavy atom. The summed E-state index contributed by atoms with van der Waals surface area (Å²) in [5.74, 6) is 0. The van der Waals surface area contributed by atoms with Crippen molar-refractivity contribution in [1.82, 2.24) is 4.98 Å². The first kappa shape index (κ1) is 7.70. The molecule has 1 unspecified atom stereocenters. The van der Waals surface area contributed by atoms with Crippen LogP contribution in [0.3, 0.4) is 0 Å². The number of nitrogens with zero attached hydrogens (tertiary/aromatic N) is 2. The van der Waals surface area contributed by atoms with E-state index in [9.17, 15) is 0 Å². The molecule has 11 heavy (non-hydrogen) atoms. The standard InChI is InChI=1S/C8H9N3/c1-6(10)7-2-3-11-8(4-7)5-9/h2-4,6H,10H2,1H3. The summed E-state index contributed by atoms with van der Waals surface area (Å²) in [4.78, 5) is 3.82. The van der Waals surface area contributed by atoms with Gasteiger partial charge in [0.25, 0.3) is 0 Å². The summed E-state index contributed by atoms with van der Waals surface area (Å²) < 4.78 is 0. The topological polar surface area (TPSA) is 62.7 Å². The molecule has 0 amide bonds. The summed E-state index contributed by atoms with van der Waals surface area (Å²) in [7, 11) is 0. The molecule has 1 aromatic rings. The van der Waals surface area contributed by atoms with Crippen LogP contribution in [-0.4, -0.2) is 4.98 Å². The molecule has 0 aliphatic rings. The summed E-state index contributed by atoms with van der Waals surface area (Å²) in [5, 5.41) is 8.49. The lowest BCUT2D eigenvalue weighted by Crippen LogP contribution is -2.05. The highest BCUT2D eigenvalue weighted by Gasteiger charge is 1.99. The second kappa shape index (κ2) is 3.13. The van der Waals surface area contributed by atoms with Crippen LogP contribution < -0.4 is 5.73 Å². The lowest BCUT2D eigenvalue weighted by atomic mass is 10.1. The minimum atomic E-state index is -0.0369. The van der Waals surface area contributed by atoms with Gasteiger partial charge in [0.15, 0.2) is 0 Å². The van der Waals surface area contributed by atoms with E-state index in [1.165, 1.54) is 0 Å². The maximum absolute atomic E-state index is 8.49. The first-order chi connectivity index (χ1) is 5.24. The van der Waals surface area contributed by atoms with Crippen molar-refractivity contribution in [3.05, 3.63) is 29.6 Å². The summed E-state index contributed by atoms with van der Waals surface area (Å²) in [5.41, 5.74) is 6.96. The zero-order chi connectivity index (χ0) is 8.27. The van der Waals surface area contributed by atoms with Crippen LogP contribution in [0.1, 0.15) is 24.2 Å². The molecular formula is C8H9N3. The number of nitrogens with two attached hydrogens (primary N) is 1. The monoisotopic (exact) mass is 147 g/mol. The second-order valence-corrected chi connectivity index (χ2v) is 2.37. The van der Waals surface area contributed by atoms with Crippen LogP contribution in [0.2, 0.25) is 0 Å². The summed E-state index contributed by atoms with van der Waals surface area (Å²) >= 11 is 0. The largest absolute Gasteiger partial charge is 0.324 e. The molecule has 3 heteroatoms. The average molecular weight is 147 g/mol. The van der Waals surface area contributed by atoms with Crippen molar-refractivity contribution in [3.8, 4) is 6.07 Å². The first-order valence-electron chi connectivity index (χ1n) is 3.35. The number of hydrogen-bond donors (Lipinski definition) is 1. The van der Waals surface area contributed by atoms with Gasteiger partial charge in [-0.25, -0.2) is 4.98 Å². The Morgan fingerprint density at radius 2 is 2.45 bits per heavy atom. The normalized spacial score (nSPS) is 12.1. The quantitative estimate of drug-likeness (QED) is 0.643. The van der Waals surface area contributed by atoms with Crippen LogP contribution in [-0.2, 0) is 0 Å². The van der Waals surface area contributed by atoms with Crippen molar-refractivity contribution in [2.75, 3.05) is 0 Å². The van der Waals surface area contributed by atoms with Crippen LogP contribution in [0.4, 0.5) is 0 Å². The van der Waals surface area contributed by atoms with Gasteiger partial charge in [-0.05, 0) is 24.6 Å². The Labute approximate surface area is 65.5 Å². The second-order valence-electron chi connectivity index (χ2n) is 2.37. The number of nitriles is 1. The van der Waals surface area contributed by atoms with Crippen LogP contribution in [0.25, 0.3) is 0 Å². The molecule has 2 N–H and O–H groups in total. The molecular weight excluding hydrogens is 138 g/mol. The highest BCUT2D eigenvalue weighted by molar-refractivity contribution is 5.26. The number of aromatic nitrogens is 1. The molecule has 0 spiro atoms. The Bertz CT molecular complexity index is 286. The van der Waals surface area contributed by atoms with Gasteiger partial charge in [0, 0.05) is 12.2 Å². The number of hydrogen-bond acceptors (Lipinski definition) is 3. The number of pyridine rings is 1. The zero-order valence-electron chi connectivity index (χ0n) is 6.28. The molecule has 0 bridgehead atoms. The van der Waals surface area contributed by atoms with Gasteiger partial charge in [0.2, 0.25) is 0 Å². The van der Waals surface area contributed by atoms with Gasteiger partial charge >= 0.3 is 0 Å². The van der Waals surface area contributed by atoms with E-state index in [-0.39, 0.29) is 6.04 Å². The van der Waals surface area contributed by atoms with E-state index in [4.69, 9.17) is 11.0 Å². The zero-order valence-corrected chi connectivity index (χ0v) is 6.28. The molecule has 0 radical (unpaired) electrons. The minimum Gasteiger partial charge on any atom is -0.324 e. The predicted molar refractivity (Wildman–Crippen MR) is 41.6 cm³/mol. The predicted octanol–water partition coefficient (Wildman–Crippen LogP) is 0.973. The van der Waals surface area contributed by atoms with Crippen molar-refractivity contribution in [1.29, 1.82) is 5.26 Å². The van der Waals surface area contributed by atoms with Crippen molar-refractivity contribution in [2.24, 2.45) is 5.73 Å². The molecule has 1 rings (SSSR count). The third-order valence-electron chi connectivity index (χ3n) is 1.42. The molecule has 56 valence electrons. The van der Waals surface area contributed by atoms with E-state index in [0.717, 1.165) is 5.56 Å². The molecule has 0 aliphatic heterocycles. The maximum atomic E-state index is 8.49. The van der Waals surface area contributed by atoms with E-state index in [2.05, 4.69) is 4.98 Å². The lowest BCUT2D eigenvalue weighted by Gasteiger charge is -2.03. The fraction of sp³-hybridized carbons (Fsp3) is 0.250. The van der Waals surface area contributed by atoms with Gasteiger partial charge in [0.1, 0.15) is 11.8 Å². The Hall–Kier alpha value is -1.40. The van der Waals surface area contributed by atoms with Gasteiger partial charge in [-0.15, -0.1) is 0 Å². The highest BCUT2D eigenvalue weighted by atomic mass is 14.7. The summed E-state index contributed by atoms with van der Waals surface area (Å²) in [6, 6.07) is 5.43. The molecule has 1 heterocycles. The van der Waals surface area contributed by atoms with E-state index < -0.39 is 0 Å². The molecule has 0 aromatic carbocycles. The molecule has 1 aromatic heterocycles. The average Bonchev–Trinajstić information content (AvgIpc) is 2.05. The van der Waals surface area contributed by atoms with Gasteiger partial charge < -0.3 is 5.73 Å². The molecule has 0 saturated heterocycles. The Balaban J connectivity index is 3.03. The van der Waals surface area contributed by atoms with Crippen molar-refractivity contribution >= 4 is 0 Å². The van der Waals surface area contributed by atoms with Crippen LogP contribution >= 0.6 is 0 Å². The van der Waals surface area contributed by atoms with E-state index >= 15 is 0 Å². The minimum absolute atomic E-state index is 0.0369. The fourth-order valence-corrected chi connectivity index (χ4v) is 0.791. The SMILES string of the molecule is CC(N)c1ccnc(C#N)c1. The third kappa shape index (κ3) is 1.76. The summed E-state index contributed by atoms with van der Waals surface area (Å²) in [6.45, 7) is 1.87. The molecule has 0 aliphatic carbocycles. The maximum Gasteiger partial charge on any atom is 0.140 e. The van der Waals surface area contributed by atoms with Crippen molar-refractivity contribution < 1.29 is 0 Å². The number of rotatable bonds is 1. The Morgan fingerprint density at radius 1 is 1.73 bits per heavy atom. The molecule has 1 atom stereocenters. The van der Waals surface area contributed by atoms with Gasteiger partial charge in [0.05, 0.1) is 0 Å². The molecule has 3 nitrogen and oxygen atoms in total. The Kier molecular flexibility index (Phi) is 2.19. The van der Waals surface area contributed by atoms with Crippen LogP contribution in [0.5, 0.6) is 0 Å². The van der Waals surface area contributed by atoms with Crippen molar-refractivity contribution in [2.45, 2.75) is 13.0 Å². The third-order valence-corrected chi connectivity index (χ3v) is 1.42. The van der Waals surface area contributed by atoms with Gasteiger partial charge in [-0.1, -0.05) is 0 Å². The fourth-order valence-electron chi connectivity index (χ4n) is 0.791. The smallest absolute Gasteiger partial charge is 0.140 e. The molecule has 0 fully saturated rings.